The van der Waals surface area contributed by atoms with Crippen LogP contribution in [-0.2, 0) is 11.3 Å². The van der Waals surface area contributed by atoms with E-state index in [0.29, 0.717) is 17.3 Å². The van der Waals surface area contributed by atoms with Gasteiger partial charge in [-0.25, -0.2) is 4.79 Å². The van der Waals surface area contributed by atoms with Crippen LogP contribution < -0.4 is 15.4 Å². The van der Waals surface area contributed by atoms with Crippen molar-refractivity contribution in [3.8, 4) is 5.75 Å². The third-order valence-electron chi connectivity index (χ3n) is 3.34. The number of rotatable bonds is 7. The van der Waals surface area contributed by atoms with Crippen LogP contribution in [0.25, 0.3) is 0 Å². The molecule has 2 N–H and O–H groups in total. The molecule has 0 bridgehead atoms. The van der Waals surface area contributed by atoms with Crippen LogP contribution in [0, 0.1) is 0 Å². The molecule has 0 aromatic heterocycles. The van der Waals surface area contributed by atoms with E-state index < -0.39 is 6.03 Å². The van der Waals surface area contributed by atoms with E-state index in [-0.39, 0.29) is 18.5 Å². The number of imide groups is 1. The minimum Gasteiger partial charge on any atom is -0.496 e. The van der Waals surface area contributed by atoms with Gasteiger partial charge in [-0.2, -0.15) is 0 Å². The summed E-state index contributed by atoms with van der Waals surface area (Å²) in [7, 11) is 3.37. The number of ether oxygens (including phenoxy) is 1. The van der Waals surface area contributed by atoms with Crippen molar-refractivity contribution >= 4 is 23.5 Å². The van der Waals surface area contributed by atoms with Crippen molar-refractivity contribution in [1.29, 1.82) is 0 Å². The van der Waals surface area contributed by atoms with E-state index in [1.54, 1.807) is 37.3 Å². The Balaban J connectivity index is 2.53. The summed E-state index contributed by atoms with van der Waals surface area (Å²) in [4.78, 5) is 25.3. The molecule has 0 aliphatic rings. The fraction of sp³-hybridized carbons (Fsp3) is 0.500. The first kappa shape index (κ1) is 19.3. The number of nitrogens with one attached hydrogen (secondary N) is 2. The van der Waals surface area contributed by atoms with Gasteiger partial charge in [0, 0.05) is 23.2 Å². The highest BCUT2D eigenvalue weighted by Crippen LogP contribution is 2.23. The zero-order valence-electron chi connectivity index (χ0n) is 14.0. The molecule has 1 atom stereocenters. The summed E-state index contributed by atoms with van der Waals surface area (Å²) >= 11 is 5.99. The third-order valence-corrected chi connectivity index (χ3v) is 3.57. The molecule has 1 rings (SSSR count). The second kappa shape index (κ2) is 9.37. The normalized spacial score (nSPS) is 11.9. The van der Waals surface area contributed by atoms with Crippen LogP contribution in [0.3, 0.4) is 0 Å². The Labute approximate surface area is 142 Å². The summed E-state index contributed by atoms with van der Waals surface area (Å²) in [5.74, 6) is 0.338. The van der Waals surface area contributed by atoms with E-state index in [4.69, 9.17) is 16.3 Å². The zero-order valence-corrected chi connectivity index (χ0v) is 14.7. The van der Waals surface area contributed by atoms with Crippen LogP contribution in [0.15, 0.2) is 18.2 Å². The highest BCUT2D eigenvalue weighted by molar-refractivity contribution is 6.30. The third kappa shape index (κ3) is 6.88. The summed E-state index contributed by atoms with van der Waals surface area (Å²) in [6.07, 6.45) is 0.802. The number of benzene rings is 1. The highest BCUT2D eigenvalue weighted by atomic mass is 35.5. The number of carbonyl (C=O) groups excluding carboxylic acids is 2. The van der Waals surface area contributed by atoms with Crippen molar-refractivity contribution in [3.63, 3.8) is 0 Å². The fourth-order valence-electron chi connectivity index (χ4n) is 1.99. The second-order valence-electron chi connectivity index (χ2n) is 5.46. The highest BCUT2D eigenvalue weighted by Gasteiger charge is 2.13. The van der Waals surface area contributed by atoms with E-state index in [9.17, 15) is 9.59 Å². The molecule has 6 nitrogen and oxygen atoms in total. The molecule has 0 spiro atoms. The number of carbonyl (C=O) groups is 2. The number of urea groups is 1. The zero-order chi connectivity index (χ0) is 17.4. The lowest BCUT2D eigenvalue weighted by Gasteiger charge is -2.18. The van der Waals surface area contributed by atoms with Crippen molar-refractivity contribution in [1.82, 2.24) is 15.5 Å². The molecule has 0 aliphatic heterocycles. The van der Waals surface area contributed by atoms with Crippen LogP contribution in [0.4, 0.5) is 4.79 Å². The van der Waals surface area contributed by atoms with Crippen molar-refractivity contribution in [2.75, 3.05) is 20.7 Å². The lowest BCUT2D eigenvalue weighted by Crippen LogP contribution is -2.46. The summed E-state index contributed by atoms with van der Waals surface area (Å²) in [5.41, 5.74) is 0.874. The van der Waals surface area contributed by atoms with Gasteiger partial charge in [-0.05, 0) is 38.6 Å². The Kier molecular flexibility index (Phi) is 7.85. The minimum absolute atomic E-state index is 0.0243. The number of methoxy groups -OCH3 is 1. The van der Waals surface area contributed by atoms with Crippen LogP contribution in [0.5, 0.6) is 5.75 Å². The Morgan fingerprint density at radius 1 is 1.39 bits per heavy atom. The Hall–Kier alpha value is -1.79. The van der Waals surface area contributed by atoms with E-state index in [2.05, 4.69) is 10.6 Å². The van der Waals surface area contributed by atoms with Gasteiger partial charge in [-0.3, -0.25) is 15.0 Å². The largest absolute Gasteiger partial charge is 0.496 e. The van der Waals surface area contributed by atoms with Gasteiger partial charge in [0.1, 0.15) is 5.75 Å². The Morgan fingerprint density at radius 2 is 2.09 bits per heavy atom. The molecule has 3 amide bonds. The summed E-state index contributed by atoms with van der Waals surface area (Å²) in [6.45, 7) is 4.40. The van der Waals surface area contributed by atoms with Gasteiger partial charge in [0.15, 0.2) is 0 Å². The standard InChI is InChI=1S/C16H24ClN3O3/c1-5-11(2)18-16(22)19-15(21)10-20(3)9-12-8-13(17)6-7-14(12)23-4/h6-8,11H,5,9-10H2,1-4H3,(H2,18,19,21,22)/t11-/m1/s1. The summed E-state index contributed by atoms with van der Waals surface area (Å²) in [5, 5.41) is 5.60. The molecule has 0 saturated carbocycles. The smallest absolute Gasteiger partial charge is 0.321 e. The first-order chi connectivity index (χ1) is 10.8. The van der Waals surface area contributed by atoms with Crippen LogP contribution in [0.1, 0.15) is 25.8 Å². The molecule has 1 aromatic rings. The maximum atomic E-state index is 11.9. The van der Waals surface area contributed by atoms with Gasteiger partial charge in [-0.15, -0.1) is 0 Å². The van der Waals surface area contributed by atoms with Crippen molar-refractivity contribution < 1.29 is 14.3 Å². The molecular weight excluding hydrogens is 318 g/mol. The van der Waals surface area contributed by atoms with Crippen molar-refractivity contribution in [3.05, 3.63) is 28.8 Å². The van der Waals surface area contributed by atoms with Gasteiger partial charge < -0.3 is 10.1 Å². The molecule has 1 aromatic carbocycles. The van der Waals surface area contributed by atoms with E-state index in [1.165, 1.54) is 0 Å². The van der Waals surface area contributed by atoms with Crippen molar-refractivity contribution in [2.45, 2.75) is 32.9 Å². The molecule has 23 heavy (non-hydrogen) atoms. The first-order valence-corrected chi connectivity index (χ1v) is 7.84. The molecule has 0 fully saturated rings. The molecule has 7 heteroatoms. The first-order valence-electron chi connectivity index (χ1n) is 7.47. The lowest BCUT2D eigenvalue weighted by molar-refractivity contribution is -0.121. The van der Waals surface area contributed by atoms with Gasteiger partial charge in [0.05, 0.1) is 13.7 Å². The summed E-state index contributed by atoms with van der Waals surface area (Å²) in [6, 6.07) is 4.88. The quantitative estimate of drug-likeness (QED) is 0.799. The summed E-state index contributed by atoms with van der Waals surface area (Å²) < 4.78 is 5.28. The molecular formula is C16H24ClN3O3. The van der Waals surface area contributed by atoms with Gasteiger partial charge in [0.25, 0.3) is 0 Å². The van der Waals surface area contributed by atoms with Crippen LogP contribution in [0.2, 0.25) is 5.02 Å². The molecule has 0 saturated heterocycles. The predicted octanol–water partition coefficient (Wildman–Crippen LogP) is 2.40. The Bertz CT molecular complexity index is 551. The monoisotopic (exact) mass is 341 g/mol. The van der Waals surface area contributed by atoms with Gasteiger partial charge >= 0.3 is 6.03 Å². The molecule has 0 heterocycles. The number of hydrogen-bond donors (Lipinski definition) is 2. The maximum absolute atomic E-state index is 11.9. The number of halogens is 1. The lowest BCUT2D eigenvalue weighted by atomic mass is 10.2. The van der Waals surface area contributed by atoms with Crippen LogP contribution >= 0.6 is 11.6 Å². The second-order valence-corrected chi connectivity index (χ2v) is 5.90. The number of amides is 3. The molecule has 128 valence electrons. The van der Waals surface area contributed by atoms with E-state index in [0.717, 1.165) is 12.0 Å². The van der Waals surface area contributed by atoms with Crippen LogP contribution in [-0.4, -0.2) is 43.6 Å². The molecule has 0 radical (unpaired) electrons. The van der Waals surface area contributed by atoms with Crippen molar-refractivity contribution in [2.24, 2.45) is 0 Å². The van der Waals surface area contributed by atoms with Gasteiger partial charge in [-0.1, -0.05) is 18.5 Å². The number of likely N-dealkylation sites (N-methyl/N-ethyl adjacent to an activating group) is 1. The van der Waals surface area contributed by atoms with Gasteiger partial charge in [0.2, 0.25) is 5.91 Å². The van der Waals surface area contributed by atoms with E-state index in [1.807, 2.05) is 13.8 Å². The maximum Gasteiger partial charge on any atom is 0.321 e. The average Bonchev–Trinajstić information content (AvgIpc) is 2.46. The number of nitrogens with zero attached hydrogens (tertiary/aromatic N) is 1. The number of hydrogen-bond acceptors (Lipinski definition) is 4. The predicted molar refractivity (Wildman–Crippen MR) is 90.8 cm³/mol. The minimum atomic E-state index is -0.474. The van der Waals surface area contributed by atoms with E-state index >= 15 is 0 Å². The average molecular weight is 342 g/mol. The molecule has 0 aliphatic carbocycles. The Morgan fingerprint density at radius 3 is 2.70 bits per heavy atom. The fourth-order valence-corrected chi connectivity index (χ4v) is 2.19. The topological polar surface area (TPSA) is 70.7 Å². The SMILES string of the molecule is CC[C@@H](C)NC(=O)NC(=O)CN(C)Cc1cc(Cl)ccc1OC. The molecule has 0 unspecified atom stereocenters.